The van der Waals surface area contributed by atoms with Crippen molar-refractivity contribution in [2.45, 2.75) is 13.2 Å². The van der Waals surface area contributed by atoms with Crippen LogP contribution in [0.2, 0.25) is 0 Å². The van der Waals surface area contributed by atoms with E-state index >= 15 is 0 Å². The van der Waals surface area contributed by atoms with E-state index in [9.17, 15) is 8.78 Å². The Kier molecular flexibility index (Phi) is 5.39. The van der Waals surface area contributed by atoms with Gasteiger partial charge in [0.25, 0.3) is 0 Å². The molecule has 27 heavy (non-hydrogen) atoms. The molecule has 2 aromatic carbocycles. The van der Waals surface area contributed by atoms with Crippen molar-refractivity contribution in [3.63, 3.8) is 0 Å². The average molecular weight is 376 g/mol. The number of fused-ring (bicyclic) bond motifs is 1. The van der Waals surface area contributed by atoms with Crippen LogP contribution in [0.5, 0.6) is 17.2 Å². The zero-order chi connectivity index (χ0) is 19.4. The Hall–Kier alpha value is -3.36. The van der Waals surface area contributed by atoms with Crippen molar-refractivity contribution in [2.24, 2.45) is 0 Å². The number of nitrogens with one attached hydrogen (secondary N) is 1. The molecule has 0 spiro atoms. The zero-order valence-corrected chi connectivity index (χ0v) is 14.7. The van der Waals surface area contributed by atoms with Crippen molar-refractivity contribution in [1.29, 1.82) is 0 Å². The van der Waals surface area contributed by atoms with E-state index in [1.807, 2.05) is 0 Å². The van der Waals surface area contributed by atoms with Gasteiger partial charge in [-0.2, -0.15) is 13.8 Å². The summed E-state index contributed by atoms with van der Waals surface area (Å²) in [5.74, 6) is 1.70. The second-order valence-corrected chi connectivity index (χ2v) is 5.54. The van der Waals surface area contributed by atoms with Gasteiger partial charge in [0.15, 0.2) is 11.5 Å². The van der Waals surface area contributed by atoms with Gasteiger partial charge in [0.1, 0.15) is 11.6 Å². The number of benzene rings is 2. The minimum absolute atomic E-state index is 0.0834. The summed E-state index contributed by atoms with van der Waals surface area (Å²) in [6, 6.07) is 9.77. The average Bonchev–Trinajstić information content (AvgIpc) is 2.65. The molecule has 1 aromatic heterocycles. The number of anilines is 2. The van der Waals surface area contributed by atoms with E-state index in [0.717, 1.165) is 5.56 Å². The first-order chi connectivity index (χ1) is 13.0. The van der Waals surface area contributed by atoms with Crippen LogP contribution in [0.4, 0.5) is 20.5 Å². The standard InChI is InChI=1S/C18H18F2N4O3/c1-25-14-7-12-13(8-15(14)26-2)23-18(24-16(12)21)22-9-10-4-3-5-11(6-10)27-17(19)20/h3-8,17H,9H2,1-2H3,(H3,21,22,23,24). The summed E-state index contributed by atoms with van der Waals surface area (Å²) in [5, 5.41) is 3.65. The molecular formula is C18H18F2N4O3. The third-order valence-electron chi connectivity index (χ3n) is 3.80. The predicted octanol–water partition coefficient (Wildman–Crippen LogP) is 3.44. The molecule has 7 nitrogen and oxygen atoms in total. The van der Waals surface area contributed by atoms with Crippen LogP contribution in [0.3, 0.4) is 0 Å². The number of ether oxygens (including phenoxy) is 3. The maximum Gasteiger partial charge on any atom is 0.387 e. The van der Waals surface area contributed by atoms with Crippen molar-refractivity contribution in [3.8, 4) is 17.2 Å². The number of methoxy groups -OCH3 is 2. The SMILES string of the molecule is COc1cc2nc(NCc3cccc(OC(F)F)c3)nc(N)c2cc1OC. The van der Waals surface area contributed by atoms with Crippen molar-refractivity contribution in [1.82, 2.24) is 9.97 Å². The smallest absolute Gasteiger partial charge is 0.387 e. The van der Waals surface area contributed by atoms with Gasteiger partial charge in [0.2, 0.25) is 5.95 Å². The van der Waals surface area contributed by atoms with Crippen LogP contribution in [0, 0.1) is 0 Å². The maximum atomic E-state index is 12.3. The van der Waals surface area contributed by atoms with E-state index in [1.54, 1.807) is 24.3 Å². The van der Waals surface area contributed by atoms with E-state index in [4.69, 9.17) is 15.2 Å². The van der Waals surface area contributed by atoms with Crippen LogP contribution < -0.4 is 25.3 Å². The number of aromatic nitrogens is 2. The van der Waals surface area contributed by atoms with Gasteiger partial charge in [-0.05, 0) is 23.8 Å². The van der Waals surface area contributed by atoms with Gasteiger partial charge in [0.05, 0.1) is 19.7 Å². The van der Waals surface area contributed by atoms with Gasteiger partial charge in [-0.25, -0.2) is 4.98 Å². The van der Waals surface area contributed by atoms with Crippen LogP contribution in [-0.4, -0.2) is 30.8 Å². The highest BCUT2D eigenvalue weighted by atomic mass is 19.3. The largest absolute Gasteiger partial charge is 0.493 e. The van der Waals surface area contributed by atoms with Crippen molar-refractivity contribution < 1.29 is 23.0 Å². The summed E-state index contributed by atoms with van der Waals surface area (Å²) in [7, 11) is 3.06. The number of hydrogen-bond acceptors (Lipinski definition) is 7. The number of hydrogen-bond donors (Lipinski definition) is 2. The minimum atomic E-state index is -2.87. The lowest BCUT2D eigenvalue weighted by molar-refractivity contribution is -0.0498. The topological polar surface area (TPSA) is 91.5 Å². The summed E-state index contributed by atoms with van der Waals surface area (Å²) in [5.41, 5.74) is 7.33. The lowest BCUT2D eigenvalue weighted by Gasteiger charge is -2.12. The second kappa shape index (κ2) is 7.90. The summed E-state index contributed by atoms with van der Waals surface area (Å²) in [4.78, 5) is 8.64. The second-order valence-electron chi connectivity index (χ2n) is 5.54. The van der Waals surface area contributed by atoms with Crippen LogP contribution in [-0.2, 0) is 6.54 Å². The first-order valence-electron chi connectivity index (χ1n) is 7.97. The summed E-state index contributed by atoms with van der Waals surface area (Å²) in [6.45, 7) is -2.57. The maximum absolute atomic E-state index is 12.3. The predicted molar refractivity (Wildman–Crippen MR) is 97.5 cm³/mol. The molecule has 0 bridgehead atoms. The molecule has 0 aliphatic rings. The molecule has 3 rings (SSSR count). The van der Waals surface area contributed by atoms with E-state index < -0.39 is 6.61 Å². The van der Waals surface area contributed by atoms with Crippen LogP contribution >= 0.6 is 0 Å². The number of nitrogens with zero attached hydrogens (tertiary/aromatic N) is 2. The molecule has 1 heterocycles. The number of rotatable bonds is 7. The molecule has 142 valence electrons. The Balaban J connectivity index is 1.83. The Morgan fingerprint density at radius 3 is 2.52 bits per heavy atom. The number of alkyl halides is 2. The van der Waals surface area contributed by atoms with Gasteiger partial charge in [-0.3, -0.25) is 0 Å². The Labute approximate surface area is 154 Å². The number of halogens is 2. The molecule has 0 atom stereocenters. The Morgan fingerprint density at radius 2 is 1.81 bits per heavy atom. The lowest BCUT2D eigenvalue weighted by atomic mass is 10.2. The van der Waals surface area contributed by atoms with Crippen LogP contribution in [0.15, 0.2) is 36.4 Å². The Morgan fingerprint density at radius 1 is 1.07 bits per heavy atom. The molecule has 0 aliphatic heterocycles. The molecule has 0 saturated heterocycles. The fourth-order valence-corrected chi connectivity index (χ4v) is 2.57. The highest BCUT2D eigenvalue weighted by molar-refractivity contribution is 5.91. The van der Waals surface area contributed by atoms with E-state index in [1.165, 1.54) is 26.4 Å². The van der Waals surface area contributed by atoms with Crippen LogP contribution in [0.1, 0.15) is 5.56 Å². The Bertz CT molecular complexity index is 953. The van der Waals surface area contributed by atoms with E-state index in [2.05, 4.69) is 20.0 Å². The van der Waals surface area contributed by atoms with Gasteiger partial charge < -0.3 is 25.3 Å². The van der Waals surface area contributed by atoms with Gasteiger partial charge >= 0.3 is 6.61 Å². The molecular weight excluding hydrogens is 358 g/mol. The molecule has 9 heteroatoms. The fraction of sp³-hybridized carbons (Fsp3) is 0.222. The number of nitrogens with two attached hydrogens (primary N) is 1. The first kappa shape index (κ1) is 18.4. The molecule has 0 radical (unpaired) electrons. The lowest BCUT2D eigenvalue weighted by Crippen LogP contribution is -2.07. The van der Waals surface area contributed by atoms with Crippen LogP contribution in [0.25, 0.3) is 10.9 Å². The summed E-state index contributed by atoms with van der Waals surface area (Å²) < 4.78 is 39.6. The van der Waals surface area contributed by atoms with Gasteiger partial charge in [-0.15, -0.1) is 0 Å². The third-order valence-corrected chi connectivity index (χ3v) is 3.80. The molecule has 3 aromatic rings. The summed E-state index contributed by atoms with van der Waals surface area (Å²) >= 11 is 0. The molecule has 3 N–H and O–H groups in total. The molecule has 0 amide bonds. The van der Waals surface area contributed by atoms with Crippen molar-refractivity contribution in [3.05, 3.63) is 42.0 Å². The van der Waals surface area contributed by atoms with E-state index in [0.29, 0.717) is 34.9 Å². The molecule has 0 saturated carbocycles. The monoisotopic (exact) mass is 376 g/mol. The van der Waals surface area contributed by atoms with Crippen molar-refractivity contribution >= 4 is 22.7 Å². The molecule has 0 fully saturated rings. The normalized spacial score (nSPS) is 10.9. The highest BCUT2D eigenvalue weighted by Gasteiger charge is 2.12. The molecule has 0 unspecified atom stereocenters. The summed E-state index contributed by atoms with van der Waals surface area (Å²) in [6.07, 6.45) is 0. The quantitative estimate of drug-likeness (QED) is 0.653. The van der Waals surface area contributed by atoms with Crippen molar-refractivity contribution in [2.75, 3.05) is 25.3 Å². The molecule has 0 aliphatic carbocycles. The third kappa shape index (κ3) is 4.25. The number of nitrogen functional groups attached to an aromatic ring is 1. The minimum Gasteiger partial charge on any atom is -0.493 e. The van der Waals surface area contributed by atoms with E-state index in [-0.39, 0.29) is 11.6 Å². The van der Waals surface area contributed by atoms with Gasteiger partial charge in [0, 0.05) is 18.0 Å². The van der Waals surface area contributed by atoms with Gasteiger partial charge in [-0.1, -0.05) is 12.1 Å². The fourth-order valence-electron chi connectivity index (χ4n) is 2.57. The first-order valence-corrected chi connectivity index (χ1v) is 7.97. The zero-order valence-electron chi connectivity index (χ0n) is 14.7. The highest BCUT2D eigenvalue weighted by Crippen LogP contribution is 2.33.